The third-order valence-corrected chi connectivity index (χ3v) is 4.63. The van der Waals surface area contributed by atoms with E-state index in [9.17, 15) is 4.39 Å². The number of aromatic nitrogens is 2. The molecule has 0 aliphatic carbocycles. The highest BCUT2D eigenvalue weighted by Gasteiger charge is 2.31. The Morgan fingerprint density at radius 2 is 1.76 bits per heavy atom. The molecular weight excluding hydrogens is 317 g/mol. The number of anilines is 1. The zero-order chi connectivity index (χ0) is 17.6. The molecule has 4 rings (SSSR count). The van der Waals surface area contributed by atoms with E-state index in [2.05, 4.69) is 21.0 Å². The molecule has 1 unspecified atom stereocenters. The van der Waals surface area contributed by atoms with Crippen LogP contribution < -0.4 is 5.73 Å². The lowest BCUT2D eigenvalue weighted by atomic mass is 9.93. The maximum Gasteiger partial charge on any atom is 0.146 e. The van der Waals surface area contributed by atoms with Crippen LogP contribution in [0.2, 0.25) is 0 Å². The summed E-state index contributed by atoms with van der Waals surface area (Å²) in [5.41, 5.74) is 10.7. The Morgan fingerprint density at radius 3 is 2.52 bits per heavy atom. The van der Waals surface area contributed by atoms with Crippen LogP contribution in [0.4, 0.5) is 10.1 Å². The number of nitrogens with zero attached hydrogens (tertiary/aromatic N) is 4. The molecule has 0 fully saturated rings. The van der Waals surface area contributed by atoms with Crippen LogP contribution in [0.5, 0.6) is 0 Å². The number of nitrogen functional groups attached to an aromatic ring is 1. The normalized spacial score (nSPS) is 18.0. The first kappa shape index (κ1) is 15.5. The predicted molar refractivity (Wildman–Crippen MR) is 96.6 cm³/mol. The molecule has 1 aromatic heterocycles. The van der Waals surface area contributed by atoms with Crippen LogP contribution in [-0.4, -0.2) is 34.1 Å². The molecule has 2 heterocycles. The van der Waals surface area contributed by atoms with Gasteiger partial charge in [-0.1, -0.05) is 12.1 Å². The van der Waals surface area contributed by atoms with Gasteiger partial charge in [0.25, 0.3) is 0 Å². The van der Waals surface area contributed by atoms with Crippen LogP contribution in [0.3, 0.4) is 0 Å². The van der Waals surface area contributed by atoms with Crippen molar-refractivity contribution in [3.63, 3.8) is 0 Å². The Morgan fingerprint density at radius 1 is 1.00 bits per heavy atom. The lowest BCUT2D eigenvalue weighted by Gasteiger charge is -2.28. The van der Waals surface area contributed by atoms with E-state index in [1.54, 1.807) is 24.5 Å². The number of hydrazine groups is 1. The number of hydrogen-bond donors (Lipinski definition) is 1. The number of nitrogens with two attached hydrogens (primary N) is 1. The molecule has 2 aromatic carbocycles. The van der Waals surface area contributed by atoms with Gasteiger partial charge in [-0.3, -0.25) is 9.97 Å². The molecule has 1 aliphatic heterocycles. The summed E-state index contributed by atoms with van der Waals surface area (Å²) in [7, 11) is 4.00. The minimum absolute atomic E-state index is 0.0127. The van der Waals surface area contributed by atoms with Crippen molar-refractivity contribution in [2.24, 2.45) is 0 Å². The fourth-order valence-corrected chi connectivity index (χ4v) is 3.25. The smallest absolute Gasteiger partial charge is 0.146 e. The van der Waals surface area contributed by atoms with Crippen molar-refractivity contribution >= 4 is 22.3 Å². The Bertz CT molecular complexity index is 984. The molecule has 126 valence electrons. The van der Waals surface area contributed by atoms with Crippen molar-refractivity contribution in [1.82, 2.24) is 20.0 Å². The van der Waals surface area contributed by atoms with E-state index in [4.69, 9.17) is 5.73 Å². The zero-order valence-electron chi connectivity index (χ0n) is 14.0. The molecule has 0 saturated heterocycles. The first-order chi connectivity index (χ1) is 12.0. The summed E-state index contributed by atoms with van der Waals surface area (Å²) < 4.78 is 13.6. The highest BCUT2D eigenvalue weighted by molar-refractivity contribution is 5.79. The van der Waals surface area contributed by atoms with Crippen LogP contribution in [0, 0.1) is 5.82 Å². The quantitative estimate of drug-likeness (QED) is 0.729. The average molecular weight is 335 g/mol. The molecule has 0 saturated carbocycles. The highest BCUT2D eigenvalue weighted by atomic mass is 19.1. The summed E-state index contributed by atoms with van der Waals surface area (Å²) in [5.74, 6) is -0.401. The molecule has 1 atom stereocenters. The monoisotopic (exact) mass is 335 g/mol. The van der Waals surface area contributed by atoms with Crippen LogP contribution in [0.1, 0.15) is 17.2 Å². The Hall–Kier alpha value is -2.99. The summed E-state index contributed by atoms with van der Waals surface area (Å²) in [4.78, 5) is 8.72. The summed E-state index contributed by atoms with van der Waals surface area (Å²) >= 11 is 0. The molecule has 0 amide bonds. The molecule has 2 N–H and O–H groups in total. The minimum Gasteiger partial charge on any atom is -0.396 e. The van der Waals surface area contributed by atoms with Gasteiger partial charge in [0.2, 0.25) is 0 Å². The van der Waals surface area contributed by atoms with Gasteiger partial charge in [0, 0.05) is 38.3 Å². The number of rotatable bonds is 2. The minimum atomic E-state index is -0.401. The lowest BCUT2D eigenvalue weighted by Crippen LogP contribution is -2.30. The molecule has 0 radical (unpaired) electrons. The van der Waals surface area contributed by atoms with Crippen LogP contribution in [0.25, 0.3) is 16.6 Å². The van der Waals surface area contributed by atoms with Crippen molar-refractivity contribution in [1.29, 1.82) is 0 Å². The first-order valence-electron chi connectivity index (χ1n) is 7.98. The number of likely N-dealkylation sites (N-methyl/N-ethyl adjacent to an activating group) is 1. The van der Waals surface area contributed by atoms with Crippen molar-refractivity contribution in [2.75, 3.05) is 19.8 Å². The molecule has 5 nitrogen and oxygen atoms in total. The van der Waals surface area contributed by atoms with Gasteiger partial charge < -0.3 is 10.7 Å². The summed E-state index contributed by atoms with van der Waals surface area (Å²) in [6, 6.07) is 10.9. The van der Waals surface area contributed by atoms with Crippen LogP contribution in [0.15, 0.2) is 55.0 Å². The van der Waals surface area contributed by atoms with Gasteiger partial charge in [0.1, 0.15) is 5.82 Å². The van der Waals surface area contributed by atoms with Gasteiger partial charge in [0.15, 0.2) is 0 Å². The van der Waals surface area contributed by atoms with E-state index in [-0.39, 0.29) is 11.7 Å². The molecule has 0 spiro atoms. The molecular formula is C19H18FN5. The summed E-state index contributed by atoms with van der Waals surface area (Å²) in [5, 5.41) is 4.13. The summed E-state index contributed by atoms with van der Waals surface area (Å²) in [6.45, 7) is 0. The summed E-state index contributed by atoms with van der Waals surface area (Å²) in [6.07, 6.45) is 5.41. The Balaban J connectivity index is 1.82. The molecule has 3 aromatic rings. The fraction of sp³-hybridized carbons (Fsp3) is 0.158. The average Bonchev–Trinajstić information content (AvgIpc) is 2.92. The first-order valence-corrected chi connectivity index (χ1v) is 7.98. The maximum absolute atomic E-state index is 13.6. The largest absolute Gasteiger partial charge is 0.396 e. The van der Waals surface area contributed by atoms with E-state index < -0.39 is 5.82 Å². The van der Waals surface area contributed by atoms with Crippen molar-refractivity contribution < 1.29 is 4.39 Å². The Labute approximate surface area is 145 Å². The third-order valence-electron chi connectivity index (χ3n) is 4.63. The van der Waals surface area contributed by atoms with Gasteiger partial charge in [-0.15, -0.1) is 0 Å². The van der Waals surface area contributed by atoms with Crippen LogP contribution >= 0.6 is 0 Å². The Kier molecular flexibility index (Phi) is 3.62. The van der Waals surface area contributed by atoms with E-state index in [1.165, 1.54) is 6.07 Å². The fourth-order valence-electron chi connectivity index (χ4n) is 3.25. The number of hydrogen-bond acceptors (Lipinski definition) is 5. The van der Waals surface area contributed by atoms with Crippen LogP contribution in [-0.2, 0) is 0 Å². The van der Waals surface area contributed by atoms with Gasteiger partial charge in [0.05, 0.1) is 22.8 Å². The predicted octanol–water partition coefficient (Wildman–Crippen LogP) is 3.23. The maximum atomic E-state index is 13.6. The molecule has 25 heavy (non-hydrogen) atoms. The molecule has 1 aliphatic rings. The van der Waals surface area contributed by atoms with Crippen molar-refractivity contribution in [3.8, 4) is 0 Å². The second-order valence-electron chi connectivity index (χ2n) is 6.18. The lowest BCUT2D eigenvalue weighted by molar-refractivity contribution is 0.0753. The zero-order valence-corrected chi connectivity index (χ0v) is 14.0. The number of benzene rings is 2. The second kappa shape index (κ2) is 5.82. The highest BCUT2D eigenvalue weighted by Crippen LogP contribution is 2.41. The molecule has 0 bridgehead atoms. The van der Waals surface area contributed by atoms with Gasteiger partial charge >= 0.3 is 0 Å². The number of halogens is 1. The third kappa shape index (κ3) is 2.60. The van der Waals surface area contributed by atoms with Crippen molar-refractivity contribution in [2.45, 2.75) is 6.04 Å². The van der Waals surface area contributed by atoms with E-state index in [1.807, 2.05) is 37.4 Å². The standard InChI is InChI=1S/C19H18FN5/c1-24-11-14(12-3-5-15(20)16(21)9-12)19(25(24)2)13-4-6-17-18(10-13)23-8-7-22-17/h3-11,19H,21H2,1-2H3. The van der Waals surface area contributed by atoms with Gasteiger partial charge in [-0.25, -0.2) is 9.40 Å². The van der Waals surface area contributed by atoms with E-state index in [0.29, 0.717) is 0 Å². The van der Waals surface area contributed by atoms with Gasteiger partial charge in [-0.05, 0) is 35.4 Å². The SMILES string of the molecule is CN1C=C(c2ccc(F)c(N)c2)C(c2ccc3nccnc3c2)N1C. The van der Waals surface area contributed by atoms with Gasteiger partial charge in [-0.2, -0.15) is 0 Å². The molecule has 6 heteroatoms. The van der Waals surface area contributed by atoms with Crippen molar-refractivity contribution in [3.05, 3.63) is 71.9 Å². The number of fused-ring (bicyclic) bond motifs is 1. The topological polar surface area (TPSA) is 58.3 Å². The van der Waals surface area contributed by atoms with E-state index in [0.717, 1.165) is 27.7 Å². The second-order valence-corrected chi connectivity index (χ2v) is 6.18. The van der Waals surface area contributed by atoms with E-state index >= 15 is 0 Å².